The summed E-state index contributed by atoms with van der Waals surface area (Å²) in [5.74, 6) is 0.631. The van der Waals surface area contributed by atoms with E-state index in [0.29, 0.717) is 18.9 Å². The lowest BCUT2D eigenvalue weighted by atomic mass is 9.86. The summed E-state index contributed by atoms with van der Waals surface area (Å²) in [5, 5.41) is 6.11. The molecule has 2 fully saturated rings. The minimum atomic E-state index is -0.134. The maximum absolute atomic E-state index is 12.4. The van der Waals surface area contributed by atoms with Gasteiger partial charge in [-0.05, 0) is 31.2 Å². The van der Waals surface area contributed by atoms with Crippen molar-refractivity contribution in [1.82, 2.24) is 15.5 Å². The molecule has 2 N–H and O–H groups in total. The third-order valence-corrected chi connectivity index (χ3v) is 5.67. The molecule has 1 saturated carbocycles. The standard InChI is InChI=1S/C20H29N3O2/c1-14-8-6-7-11-18(14)22-20(25)21-17-12-19(24)23(13-17)15(2)16-9-4-3-5-10-16/h3-5,9-10,14-15,17-18H,6-8,11-13H2,1-2H3,(H2,21,22,25). The number of nitrogens with one attached hydrogen (secondary N) is 2. The molecule has 1 aromatic carbocycles. The van der Waals surface area contributed by atoms with Crippen LogP contribution in [0.3, 0.4) is 0 Å². The lowest BCUT2D eigenvalue weighted by Crippen LogP contribution is -2.49. The molecule has 1 heterocycles. The molecule has 1 aromatic rings. The molecule has 4 atom stereocenters. The monoisotopic (exact) mass is 343 g/mol. The van der Waals surface area contributed by atoms with Gasteiger partial charge in [0.15, 0.2) is 0 Å². The molecule has 0 aromatic heterocycles. The number of nitrogens with zero attached hydrogens (tertiary/aromatic N) is 1. The fourth-order valence-corrected chi connectivity index (χ4v) is 4.04. The molecule has 1 saturated heterocycles. The largest absolute Gasteiger partial charge is 0.335 e. The van der Waals surface area contributed by atoms with E-state index in [1.807, 2.05) is 42.2 Å². The van der Waals surface area contributed by atoms with Crippen LogP contribution in [0.25, 0.3) is 0 Å². The van der Waals surface area contributed by atoms with Crippen LogP contribution in [-0.4, -0.2) is 35.5 Å². The fraction of sp³-hybridized carbons (Fsp3) is 0.600. The molecule has 136 valence electrons. The number of hydrogen-bond donors (Lipinski definition) is 2. The average molecular weight is 343 g/mol. The van der Waals surface area contributed by atoms with Gasteiger partial charge in [-0.25, -0.2) is 4.79 Å². The highest BCUT2D eigenvalue weighted by atomic mass is 16.2. The Morgan fingerprint density at radius 1 is 1.16 bits per heavy atom. The van der Waals surface area contributed by atoms with Gasteiger partial charge in [0.05, 0.1) is 12.1 Å². The predicted molar refractivity (Wildman–Crippen MR) is 98.1 cm³/mol. The summed E-state index contributed by atoms with van der Waals surface area (Å²) in [7, 11) is 0. The van der Waals surface area contributed by atoms with E-state index in [-0.39, 0.29) is 30.1 Å². The van der Waals surface area contributed by atoms with Crippen molar-refractivity contribution in [2.24, 2.45) is 5.92 Å². The lowest BCUT2D eigenvalue weighted by Gasteiger charge is -2.30. The zero-order chi connectivity index (χ0) is 17.8. The third kappa shape index (κ3) is 4.33. The summed E-state index contributed by atoms with van der Waals surface area (Å²) < 4.78 is 0. The summed E-state index contributed by atoms with van der Waals surface area (Å²) in [6, 6.07) is 10.1. The molecular formula is C20H29N3O2. The number of benzene rings is 1. The van der Waals surface area contributed by atoms with Crippen molar-refractivity contribution < 1.29 is 9.59 Å². The maximum Gasteiger partial charge on any atom is 0.315 e. The van der Waals surface area contributed by atoms with E-state index in [4.69, 9.17) is 0 Å². The molecule has 3 rings (SSSR count). The highest BCUT2D eigenvalue weighted by molar-refractivity contribution is 5.82. The van der Waals surface area contributed by atoms with Crippen LogP contribution >= 0.6 is 0 Å². The number of carbonyl (C=O) groups is 2. The fourth-order valence-electron chi connectivity index (χ4n) is 4.04. The van der Waals surface area contributed by atoms with Gasteiger partial charge in [-0.15, -0.1) is 0 Å². The minimum Gasteiger partial charge on any atom is -0.335 e. The zero-order valence-electron chi connectivity index (χ0n) is 15.2. The molecular weight excluding hydrogens is 314 g/mol. The molecule has 3 amide bonds. The van der Waals surface area contributed by atoms with Crippen molar-refractivity contribution in [3.05, 3.63) is 35.9 Å². The van der Waals surface area contributed by atoms with Crippen LogP contribution in [-0.2, 0) is 4.79 Å². The van der Waals surface area contributed by atoms with Gasteiger partial charge >= 0.3 is 6.03 Å². The second kappa shape index (κ2) is 7.89. The van der Waals surface area contributed by atoms with E-state index in [0.717, 1.165) is 12.0 Å². The molecule has 25 heavy (non-hydrogen) atoms. The van der Waals surface area contributed by atoms with E-state index >= 15 is 0 Å². The van der Waals surface area contributed by atoms with Gasteiger partial charge in [0.25, 0.3) is 0 Å². The molecule has 1 aliphatic carbocycles. The van der Waals surface area contributed by atoms with Gasteiger partial charge < -0.3 is 15.5 Å². The van der Waals surface area contributed by atoms with Crippen molar-refractivity contribution >= 4 is 11.9 Å². The second-order valence-electron chi connectivity index (χ2n) is 7.52. The first-order valence-corrected chi connectivity index (χ1v) is 9.46. The smallest absolute Gasteiger partial charge is 0.315 e. The van der Waals surface area contributed by atoms with Gasteiger partial charge in [-0.3, -0.25) is 4.79 Å². The van der Waals surface area contributed by atoms with Crippen LogP contribution in [0.15, 0.2) is 30.3 Å². The predicted octanol–water partition coefficient (Wildman–Crippen LogP) is 3.23. The van der Waals surface area contributed by atoms with Crippen molar-refractivity contribution in [3.8, 4) is 0 Å². The van der Waals surface area contributed by atoms with E-state index in [1.165, 1.54) is 19.3 Å². The Kier molecular flexibility index (Phi) is 5.61. The summed E-state index contributed by atoms with van der Waals surface area (Å²) in [5.41, 5.74) is 1.12. The topological polar surface area (TPSA) is 61.4 Å². The highest BCUT2D eigenvalue weighted by Crippen LogP contribution is 2.26. The number of amides is 3. The Bertz CT molecular complexity index is 604. The number of rotatable bonds is 4. The van der Waals surface area contributed by atoms with Gasteiger partial charge in [0.1, 0.15) is 0 Å². The Morgan fingerprint density at radius 2 is 1.88 bits per heavy atom. The molecule has 2 aliphatic rings. The molecule has 5 heteroatoms. The Balaban J connectivity index is 1.53. The quantitative estimate of drug-likeness (QED) is 0.882. The minimum absolute atomic E-state index is 0.0296. The van der Waals surface area contributed by atoms with E-state index in [2.05, 4.69) is 17.6 Å². The highest BCUT2D eigenvalue weighted by Gasteiger charge is 2.34. The molecule has 4 unspecified atom stereocenters. The number of hydrogen-bond acceptors (Lipinski definition) is 2. The van der Waals surface area contributed by atoms with Crippen LogP contribution in [0, 0.1) is 5.92 Å². The summed E-state index contributed by atoms with van der Waals surface area (Å²) in [6.45, 7) is 4.81. The van der Waals surface area contributed by atoms with Gasteiger partial charge in [0.2, 0.25) is 5.91 Å². The Labute approximate surface area is 150 Å². The lowest BCUT2D eigenvalue weighted by molar-refractivity contribution is -0.129. The SMILES string of the molecule is CC1CCCCC1NC(=O)NC1CC(=O)N(C(C)c2ccccc2)C1. The average Bonchev–Trinajstić information content (AvgIpc) is 2.97. The third-order valence-electron chi connectivity index (χ3n) is 5.67. The number of carbonyl (C=O) groups excluding carboxylic acids is 2. The maximum atomic E-state index is 12.4. The molecule has 0 radical (unpaired) electrons. The summed E-state index contributed by atoms with van der Waals surface area (Å²) in [4.78, 5) is 26.6. The van der Waals surface area contributed by atoms with Crippen LogP contribution in [0.4, 0.5) is 4.79 Å². The van der Waals surface area contributed by atoms with E-state index < -0.39 is 0 Å². The number of urea groups is 1. The molecule has 0 spiro atoms. The van der Waals surface area contributed by atoms with Gasteiger partial charge in [-0.1, -0.05) is 50.1 Å². The van der Waals surface area contributed by atoms with Gasteiger partial charge in [-0.2, -0.15) is 0 Å². The van der Waals surface area contributed by atoms with Crippen LogP contribution in [0.2, 0.25) is 0 Å². The molecule has 1 aliphatic heterocycles. The first-order chi connectivity index (χ1) is 12.0. The van der Waals surface area contributed by atoms with Crippen LogP contribution in [0.1, 0.15) is 57.6 Å². The van der Waals surface area contributed by atoms with Crippen molar-refractivity contribution in [1.29, 1.82) is 0 Å². The van der Waals surface area contributed by atoms with Crippen molar-refractivity contribution in [3.63, 3.8) is 0 Å². The summed E-state index contributed by atoms with van der Waals surface area (Å²) >= 11 is 0. The first kappa shape index (κ1) is 17.8. The van der Waals surface area contributed by atoms with E-state index in [1.54, 1.807) is 0 Å². The normalized spacial score (nSPS) is 27.8. The van der Waals surface area contributed by atoms with Crippen LogP contribution in [0.5, 0.6) is 0 Å². The van der Waals surface area contributed by atoms with Gasteiger partial charge in [0, 0.05) is 19.0 Å². The summed E-state index contributed by atoms with van der Waals surface area (Å²) in [6.07, 6.45) is 5.04. The second-order valence-corrected chi connectivity index (χ2v) is 7.52. The Hall–Kier alpha value is -2.04. The van der Waals surface area contributed by atoms with Crippen molar-refractivity contribution in [2.45, 2.75) is 64.1 Å². The first-order valence-electron chi connectivity index (χ1n) is 9.46. The van der Waals surface area contributed by atoms with E-state index in [9.17, 15) is 9.59 Å². The zero-order valence-corrected chi connectivity index (χ0v) is 15.2. The molecule has 5 nitrogen and oxygen atoms in total. The van der Waals surface area contributed by atoms with Crippen molar-refractivity contribution in [2.75, 3.05) is 6.54 Å². The molecule has 0 bridgehead atoms. The Morgan fingerprint density at radius 3 is 2.60 bits per heavy atom. The number of likely N-dealkylation sites (tertiary alicyclic amines) is 1. The van der Waals surface area contributed by atoms with Crippen LogP contribution < -0.4 is 10.6 Å².